The second-order valence-corrected chi connectivity index (χ2v) is 6.37. The van der Waals surface area contributed by atoms with Gasteiger partial charge in [0, 0.05) is 30.8 Å². The zero-order chi connectivity index (χ0) is 20.0. The number of alkyl halides is 3. The Bertz CT molecular complexity index is 829. The molecule has 0 aromatic heterocycles. The Labute approximate surface area is 160 Å². The molecule has 0 bridgehead atoms. The molecule has 0 spiro atoms. The fraction of sp³-hybridized carbons (Fsp3) is 0.300. The summed E-state index contributed by atoms with van der Waals surface area (Å²) in [6, 6.07) is 12.1. The average molecular weight is 391 g/mol. The third-order valence-corrected chi connectivity index (χ3v) is 4.36. The topological polar surface area (TPSA) is 53.9 Å². The highest BCUT2D eigenvalue weighted by Gasteiger charge is 2.32. The monoisotopic (exact) mass is 391 g/mol. The van der Waals surface area contributed by atoms with Gasteiger partial charge in [0.15, 0.2) is 0 Å². The summed E-state index contributed by atoms with van der Waals surface area (Å²) in [5.74, 6) is -0.487. The van der Waals surface area contributed by atoms with E-state index in [0.29, 0.717) is 5.56 Å². The SMILES string of the molecule is O=C(N/N=C\c1ccccc1C(F)(F)F)c1ccc(CN2CCOCC2)cc1. The Morgan fingerprint density at radius 1 is 1.11 bits per heavy atom. The highest BCUT2D eigenvalue weighted by molar-refractivity contribution is 5.95. The van der Waals surface area contributed by atoms with Crippen molar-refractivity contribution in [1.29, 1.82) is 0 Å². The van der Waals surface area contributed by atoms with E-state index < -0.39 is 17.6 Å². The standard InChI is InChI=1S/C20H20F3N3O2/c21-20(22,23)18-4-2-1-3-17(18)13-24-25-19(27)16-7-5-15(6-8-16)14-26-9-11-28-12-10-26/h1-8,13H,9-12,14H2,(H,25,27)/b24-13-. The maximum absolute atomic E-state index is 12.9. The van der Waals surface area contributed by atoms with Crippen molar-refractivity contribution in [1.82, 2.24) is 10.3 Å². The predicted molar refractivity (Wildman–Crippen MR) is 99.0 cm³/mol. The van der Waals surface area contributed by atoms with Gasteiger partial charge in [-0.3, -0.25) is 9.69 Å². The number of carbonyl (C=O) groups excluding carboxylic acids is 1. The number of ether oxygens (including phenoxy) is 1. The van der Waals surface area contributed by atoms with E-state index in [-0.39, 0.29) is 5.56 Å². The minimum absolute atomic E-state index is 0.115. The van der Waals surface area contributed by atoms with Crippen LogP contribution in [0, 0.1) is 0 Å². The smallest absolute Gasteiger partial charge is 0.379 e. The van der Waals surface area contributed by atoms with Gasteiger partial charge >= 0.3 is 6.18 Å². The number of nitrogens with zero attached hydrogens (tertiary/aromatic N) is 2. The second kappa shape index (κ2) is 8.99. The van der Waals surface area contributed by atoms with Gasteiger partial charge in [-0.15, -0.1) is 0 Å². The summed E-state index contributed by atoms with van der Waals surface area (Å²) in [6.45, 7) is 3.95. The van der Waals surface area contributed by atoms with E-state index in [1.54, 1.807) is 12.1 Å². The Kier molecular flexibility index (Phi) is 6.43. The van der Waals surface area contributed by atoms with Crippen LogP contribution in [0.1, 0.15) is 27.0 Å². The van der Waals surface area contributed by atoms with E-state index >= 15 is 0 Å². The van der Waals surface area contributed by atoms with Crippen molar-refractivity contribution in [3.05, 3.63) is 70.8 Å². The number of amides is 1. The number of hydrogen-bond donors (Lipinski definition) is 1. The van der Waals surface area contributed by atoms with E-state index in [4.69, 9.17) is 4.74 Å². The zero-order valence-corrected chi connectivity index (χ0v) is 15.1. The quantitative estimate of drug-likeness (QED) is 0.629. The van der Waals surface area contributed by atoms with Crippen molar-refractivity contribution >= 4 is 12.1 Å². The van der Waals surface area contributed by atoms with E-state index in [9.17, 15) is 18.0 Å². The van der Waals surface area contributed by atoms with Crippen LogP contribution in [0.4, 0.5) is 13.2 Å². The van der Waals surface area contributed by atoms with Gasteiger partial charge in [0.25, 0.3) is 5.91 Å². The van der Waals surface area contributed by atoms with Crippen LogP contribution in [0.2, 0.25) is 0 Å². The van der Waals surface area contributed by atoms with Gasteiger partial charge in [0.05, 0.1) is 25.0 Å². The molecular formula is C20H20F3N3O2. The van der Waals surface area contributed by atoms with Crippen molar-refractivity contribution < 1.29 is 22.7 Å². The van der Waals surface area contributed by atoms with Crippen molar-refractivity contribution in [2.45, 2.75) is 12.7 Å². The minimum Gasteiger partial charge on any atom is -0.379 e. The molecule has 1 aliphatic rings. The molecule has 0 unspecified atom stereocenters. The number of halogens is 3. The number of morpholine rings is 1. The molecule has 148 valence electrons. The van der Waals surface area contributed by atoms with E-state index in [1.807, 2.05) is 12.1 Å². The summed E-state index contributed by atoms with van der Waals surface area (Å²) in [6.07, 6.45) is -3.49. The van der Waals surface area contributed by atoms with Gasteiger partial charge < -0.3 is 4.74 Å². The fourth-order valence-electron chi connectivity index (χ4n) is 2.87. The molecule has 0 atom stereocenters. The average Bonchev–Trinajstić information content (AvgIpc) is 2.69. The van der Waals surface area contributed by atoms with Crippen LogP contribution in [-0.4, -0.2) is 43.3 Å². The molecule has 0 saturated carbocycles. The summed E-state index contributed by atoms with van der Waals surface area (Å²) < 4.78 is 44.2. The lowest BCUT2D eigenvalue weighted by atomic mass is 10.1. The predicted octanol–water partition coefficient (Wildman–Crippen LogP) is 3.30. The highest BCUT2D eigenvalue weighted by Crippen LogP contribution is 2.31. The molecule has 1 N–H and O–H groups in total. The summed E-state index contributed by atoms with van der Waals surface area (Å²) in [5.41, 5.74) is 2.80. The molecule has 0 aliphatic carbocycles. The number of rotatable bonds is 5. The molecule has 1 heterocycles. The first-order valence-corrected chi connectivity index (χ1v) is 8.82. The molecule has 1 amide bonds. The first kappa shape index (κ1) is 20.0. The van der Waals surface area contributed by atoms with E-state index in [1.165, 1.54) is 18.2 Å². The number of nitrogens with one attached hydrogen (secondary N) is 1. The number of hydrazone groups is 1. The van der Waals surface area contributed by atoms with Gasteiger partial charge in [-0.2, -0.15) is 18.3 Å². The van der Waals surface area contributed by atoms with Crippen LogP contribution in [0.15, 0.2) is 53.6 Å². The second-order valence-electron chi connectivity index (χ2n) is 6.37. The highest BCUT2D eigenvalue weighted by atomic mass is 19.4. The van der Waals surface area contributed by atoms with E-state index in [2.05, 4.69) is 15.4 Å². The van der Waals surface area contributed by atoms with Gasteiger partial charge in [-0.05, 0) is 23.8 Å². The van der Waals surface area contributed by atoms with Crippen LogP contribution < -0.4 is 5.43 Å². The largest absolute Gasteiger partial charge is 0.417 e. The molecule has 1 fully saturated rings. The van der Waals surface area contributed by atoms with Gasteiger partial charge in [-0.1, -0.05) is 30.3 Å². The zero-order valence-electron chi connectivity index (χ0n) is 15.1. The van der Waals surface area contributed by atoms with Crippen molar-refractivity contribution in [2.24, 2.45) is 5.10 Å². The Hall–Kier alpha value is -2.71. The number of carbonyl (C=O) groups is 1. The van der Waals surface area contributed by atoms with Crippen molar-refractivity contribution in [3.8, 4) is 0 Å². The third-order valence-electron chi connectivity index (χ3n) is 4.36. The summed E-state index contributed by atoms with van der Waals surface area (Å²) in [5, 5.41) is 3.66. The van der Waals surface area contributed by atoms with Crippen molar-refractivity contribution in [2.75, 3.05) is 26.3 Å². The van der Waals surface area contributed by atoms with Gasteiger partial charge in [0.2, 0.25) is 0 Å². The third kappa shape index (κ3) is 5.40. The first-order valence-electron chi connectivity index (χ1n) is 8.82. The Morgan fingerprint density at radius 3 is 2.46 bits per heavy atom. The number of hydrogen-bond acceptors (Lipinski definition) is 4. The molecular weight excluding hydrogens is 371 g/mol. The minimum atomic E-state index is -4.48. The molecule has 3 rings (SSSR count). The molecule has 8 heteroatoms. The molecule has 2 aromatic carbocycles. The van der Waals surface area contributed by atoms with Crippen LogP contribution in [0.3, 0.4) is 0 Å². The lowest BCUT2D eigenvalue weighted by molar-refractivity contribution is -0.137. The number of benzene rings is 2. The fourth-order valence-corrected chi connectivity index (χ4v) is 2.87. The molecule has 2 aromatic rings. The maximum atomic E-state index is 12.9. The summed E-state index contributed by atoms with van der Waals surface area (Å²) >= 11 is 0. The lowest BCUT2D eigenvalue weighted by Gasteiger charge is -2.26. The molecule has 5 nitrogen and oxygen atoms in total. The van der Waals surface area contributed by atoms with Crippen molar-refractivity contribution in [3.63, 3.8) is 0 Å². The van der Waals surface area contributed by atoms with Gasteiger partial charge in [-0.25, -0.2) is 5.43 Å². The summed E-state index contributed by atoms with van der Waals surface area (Å²) in [7, 11) is 0. The molecule has 1 saturated heterocycles. The molecule has 0 radical (unpaired) electrons. The first-order chi connectivity index (χ1) is 13.4. The van der Waals surface area contributed by atoms with Crippen LogP contribution >= 0.6 is 0 Å². The lowest BCUT2D eigenvalue weighted by Crippen LogP contribution is -2.35. The maximum Gasteiger partial charge on any atom is 0.417 e. The van der Waals surface area contributed by atoms with E-state index in [0.717, 1.165) is 50.7 Å². The van der Waals surface area contributed by atoms with Crippen LogP contribution in [0.25, 0.3) is 0 Å². The Morgan fingerprint density at radius 2 is 1.79 bits per heavy atom. The summed E-state index contributed by atoms with van der Waals surface area (Å²) in [4.78, 5) is 14.4. The molecule has 28 heavy (non-hydrogen) atoms. The van der Waals surface area contributed by atoms with Crippen LogP contribution in [0.5, 0.6) is 0 Å². The van der Waals surface area contributed by atoms with Gasteiger partial charge in [0.1, 0.15) is 0 Å². The normalized spacial score (nSPS) is 15.7. The Balaban J connectivity index is 1.58. The van der Waals surface area contributed by atoms with Crippen LogP contribution in [-0.2, 0) is 17.5 Å². The molecule has 1 aliphatic heterocycles.